The Labute approximate surface area is 126 Å². The molecule has 1 N–H and O–H groups in total. The average Bonchev–Trinajstić information content (AvgIpc) is 2.62. The lowest BCUT2D eigenvalue weighted by atomic mass is 10.0. The highest BCUT2D eigenvalue weighted by Crippen LogP contribution is 2.22. The molecule has 0 bridgehead atoms. The molecule has 0 aromatic carbocycles. The molecule has 19 heavy (non-hydrogen) atoms. The summed E-state index contributed by atoms with van der Waals surface area (Å²) in [5.74, 6) is 0. The first-order chi connectivity index (χ1) is 9.10. The predicted molar refractivity (Wildman–Crippen MR) is 85.6 cm³/mol. The van der Waals surface area contributed by atoms with Gasteiger partial charge in [-0.3, -0.25) is 4.68 Å². The monoisotopic (exact) mass is 329 g/mol. The molecule has 0 saturated heterocycles. The molecule has 1 aromatic heterocycles. The van der Waals surface area contributed by atoms with E-state index in [-0.39, 0.29) is 0 Å². The van der Waals surface area contributed by atoms with Crippen molar-refractivity contribution in [1.29, 1.82) is 0 Å². The first-order valence-corrected chi connectivity index (χ1v) is 8.30. The van der Waals surface area contributed by atoms with Crippen LogP contribution < -0.4 is 5.32 Å². The van der Waals surface area contributed by atoms with E-state index in [0.29, 0.717) is 6.04 Å². The van der Waals surface area contributed by atoms with Crippen LogP contribution in [0.2, 0.25) is 0 Å². The van der Waals surface area contributed by atoms with E-state index in [9.17, 15) is 0 Å². The van der Waals surface area contributed by atoms with Crippen LogP contribution in [-0.4, -0.2) is 22.4 Å². The van der Waals surface area contributed by atoms with Crippen LogP contribution in [0.5, 0.6) is 0 Å². The second-order valence-electron chi connectivity index (χ2n) is 5.32. The molecule has 0 spiro atoms. The Balaban J connectivity index is 2.64. The van der Waals surface area contributed by atoms with Crippen molar-refractivity contribution in [3.05, 3.63) is 15.9 Å². The van der Waals surface area contributed by atoms with Crippen LogP contribution in [0, 0.1) is 6.92 Å². The van der Waals surface area contributed by atoms with Crippen molar-refractivity contribution in [2.24, 2.45) is 7.05 Å². The zero-order valence-electron chi connectivity index (χ0n) is 12.8. The second-order valence-corrected chi connectivity index (χ2v) is 6.11. The number of hydrogen-bond donors (Lipinski definition) is 1. The molecule has 0 radical (unpaired) electrons. The first-order valence-electron chi connectivity index (χ1n) is 7.51. The number of halogens is 1. The summed E-state index contributed by atoms with van der Waals surface area (Å²) in [5, 5.41) is 8.16. The summed E-state index contributed by atoms with van der Waals surface area (Å²) in [6.07, 6.45) is 7.43. The van der Waals surface area contributed by atoms with E-state index in [1.165, 1.54) is 42.3 Å². The van der Waals surface area contributed by atoms with Gasteiger partial charge in [0, 0.05) is 19.5 Å². The van der Waals surface area contributed by atoms with Crippen LogP contribution in [0.1, 0.15) is 57.3 Å². The van der Waals surface area contributed by atoms with Crippen molar-refractivity contribution in [2.75, 3.05) is 6.54 Å². The molecule has 0 aliphatic heterocycles. The van der Waals surface area contributed by atoms with Gasteiger partial charge in [0.1, 0.15) is 0 Å². The molecule has 1 rings (SSSR count). The van der Waals surface area contributed by atoms with Crippen LogP contribution in [0.3, 0.4) is 0 Å². The standard InChI is InChI=1S/C15H28BrN3/c1-5-7-8-9-13(17-10-6-2)11-14-15(16)12(3)18-19(14)4/h13,17H,5-11H2,1-4H3. The maximum Gasteiger partial charge on any atom is 0.0738 e. The van der Waals surface area contributed by atoms with E-state index in [1.54, 1.807) is 0 Å². The van der Waals surface area contributed by atoms with E-state index in [4.69, 9.17) is 0 Å². The minimum absolute atomic E-state index is 0.567. The number of rotatable bonds is 9. The Bertz CT molecular complexity index is 374. The fourth-order valence-corrected chi connectivity index (χ4v) is 2.90. The van der Waals surface area contributed by atoms with Gasteiger partial charge in [0.15, 0.2) is 0 Å². The third-order valence-electron chi connectivity index (χ3n) is 3.54. The first kappa shape index (κ1) is 16.7. The Morgan fingerprint density at radius 3 is 2.53 bits per heavy atom. The molecule has 0 amide bonds. The van der Waals surface area contributed by atoms with Crippen molar-refractivity contribution >= 4 is 15.9 Å². The van der Waals surface area contributed by atoms with E-state index >= 15 is 0 Å². The SMILES string of the molecule is CCCCCC(Cc1c(Br)c(C)nn1C)NCCC. The van der Waals surface area contributed by atoms with Crippen LogP contribution in [0.25, 0.3) is 0 Å². The van der Waals surface area contributed by atoms with Crippen molar-refractivity contribution in [3.8, 4) is 0 Å². The topological polar surface area (TPSA) is 29.9 Å². The number of aryl methyl sites for hydroxylation is 2. The van der Waals surface area contributed by atoms with E-state index in [1.807, 2.05) is 11.7 Å². The lowest BCUT2D eigenvalue weighted by molar-refractivity contribution is 0.446. The van der Waals surface area contributed by atoms with Crippen molar-refractivity contribution in [1.82, 2.24) is 15.1 Å². The molecule has 4 heteroatoms. The van der Waals surface area contributed by atoms with Crippen LogP contribution >= 0.6 is 15.9 Å². The van der Waals surface area contributed by atoms with Gasteiger partial charge in [-0.1, -0.05) is 33.1 Å². The summed E-state index contributed by atoms with van der Waals surface area (Å²) in [6, 6.07) is 0.567. The maximum absolute atomic E-state index is 4.48. The number of nitrogens with one attached hydrogen (secondary N) is 1. The quantitative estimate of drug-likeness (QED) is 0.694. The molecule has 1 aromatic rings. The van der Waals surface area contributed by atoms with Crippen LogP contribution in [0.15, 0.2) is 4.47 Å². The number of unbranched alkanes of at least 4 members (excludes halogenated alkanes) is 2. The molecule has 1 unspecified atom stereocenters. The fourth-order valence-electron chi connectivity index (χ4n) is 2.40. The molecular formula is C15H28BrN3. The number of hydrogen-bond acceptors (Lipinski definition) is 2. The summed E-state index contributed by atoms with van der Waals surface area (Å²) < 4.78 is 3.19. The minimum Gasteiger partial charge on any atom is -0.314 e. The summed E-state index contributed by atoms with van der Waals surface area (Å²) >= 11 is 3.67. The molecule has 0 aliphatic carbocycles. The van der Waals surface area contributed by atoms with Crippen molar-refractivity contribution in [2.45, 2.75) is 65.3 Å². The number of aromatic nitrogens is 2. The summed E-state index contributed by atoms with van der Waals surface area (Å²) in [5.41, 5.74) is 2.39. The van der Waals surface area contributed by atoms with Gasteiger partial charge in [0.2, 0.25) is 0 Å². The predicted octanol–water partition coefficient (Wildman–Crippen LogP) is 3.98. The molecular weight excluding hydrogens is 302 g/mol. The molecule has 0 aliphatic rings. The van der Waals surface area contributed by atoms with Gasteiger partial charge >= 0.3 is 0 Å². The maximum atomic E-state index is 4.48. The third-order valence-corrected chi connectivity index (χ3v) is 4.57. The highest BCUT2D eigenvalue weighted by Gasteiger charge is 2.16. The lowest BCUT2D eigenvalue weighted by Gasteiger charge is -2.19. The van der Waals surface area contributed by atoms with E-state index in [0.717, 1.165) is 18.7 Å². The fraction of sp³-hybridized carbons (Fsp3) is 0.800. The van der Waals surface area contributed by atoms with Crippen molar-refractivity contribution in [3.63, 3.8) is 0 Å². The largest absolute Gasteiger partial charge is 0.314 e. The van der Waals surface area contributed by atoms with Gasteiger partial charge in [0.25, 0.3) is 0 Å². The van der Waals surface area contributed by atoms with Gasteiger partial charge in [-0.25, -0.2) is 0 Å². The van der Waals surface area contributed by atoms with Gasteiger partial charge in [-0.15, -0.1) is 0 Å². The van der Waals surface area contributed by atoms with Gasteiger partial charge in [-0.05, 0) is 42.2 Å². The lowest BCUT2D eigenvalue weighted by Crippen LogP contribution is -2.32. The normalized spacial score (nSPS) is 12.9. The average molecular weight is 330 g/mol. The second kappa shape index (κ2) is 8.75. The minimum atomic E-state index is 0.567. The molecule has 110 valence electrons. The van der Waals surface area contributed by atoms with Gasteiger partial charge < -0.3 is 5.32 Å². The molecule has 3 nitrogen and oxygen atoms in total. The third kappa shape index (κ3) is 5.27. The highest BCUT2D eigenvalue weighted by molar-refractivity contribution is 9.10. The summed E-state index contributed by atoms with van der Waals surface area (Å²) in [6.45, 7) is 7.64. The Morgan fingerprint density at radius 1 is 1.26 bits per heavy atom. The zero-order valence-corrected chi connectivity index (χ0v) is 14.4. The van der Waals surface area contributed by atoms with Crippen LogP contribution in [0.4, 0.5) is 0 Å². The summed E-state index contributed by atoms with van der Waals surface area (Å²) in [4.78, 5) is 0. The molecule has 0 saturated carbocycles. The smallest absolute Gasteiger partial charge is 0.0738 e. The molecule has 0 fully saturated rings. The van der Waals surface area contributed by atoms with E-state index < -0.39 is 0 Å². The molecule has 1 atom stereocenters. The van der Waals surface area contributed by atoms with E-state index in [2.05, 4.69) is 47.1 Å². The van der Waals surface area contributed by atoms with Gasteiger partial charge in [0.05, 0.1) is 15.9 Å². The van der Waals surface area contributed by atoms with Crippen LogP contribution in [-0.2, 0) is 13.5 Å². The highest BCUT2D eigenvalue weighted by atomic mass is 79.9. The Morgan fingerprint density at radius 2 is 2.00 bits per heavy atom. The van der Waals surface area contributed by atoms with Crippen molar-refractivity contribution < 1.29 is 0 Å². The Kier molecular flexibility index (Phi) is 7.69. The van der Waals surface area contributed by atoms with Gasteiger partial charge in [-0.2, -0.15) is 5.10 Å². The number of nitrogens with zero attached hydrogens (tertiary/aromatic N) is 2. The Hall–Kier alpha value is -0.350. The summed E-state index contributed by atoms with van der Waals surface area (Å²) in [7, 11) is 2.04. The zero-order chi connectivity index (χ0) is 14.3. The molecule has 1 heterocycles.